The van der Waals surface area contributed by atoms with Crippen molar-refractivity contribution in [2.24, 2.45) is 0 Å². The number of rotatable bonds is 3. The Morgan fingerprint density at radius 3 is 2.85 bits per heavy atom. The highest BCUT2D eigenvalue weighted by Crippen LogP contribution is 2.44. The molecule has 0 saturated carbocycles. The largest absolute Gasteiger partial charge is 0.493 e. The molecule has 0 amide bonds. The second-order valence-corrected chi connectivity index (χ2v) is 7.65. The molecule has 5 nitrogen and oxygen atoms in total. The van der Waals surface area contributed by atoms with E-state index in [2.05, 4.69) is 19.9 Å². The Morgan fingerprint density at radius 1 is 1.27 bits per heavy atom. The number of ether oxygens (including phenoxy) is 2. The first kappa shape index (κ1) is 17.4. The maximum Gasteiger partial charge on any atom is 0.454 e. The molecule has 0 bridgehead atoms. The molecular weight excluding hydrogens is 329 g/mol. The van der Waals surface area contributed by atoms with Crippen molar-refractivity contribution < 1.29 is 19.2 Å². The molecule has 0 radical (unpaired) electrons. The Kier molecular flexibility index (Phi) is 4.41. The van der Waals surface area contributed by atoms with Gasteiger partial charge in [-0.1, -0.05) is 6.07 Å². The van der Waals surface area contributed by atoms with Gasteiger partial charge in [0.05, 0.1) is 12.8 Å². The van der Waals surface area contributed by atoms with Gasteiger partial charge in [-0.25, -0.2) is 0 Å². The van der Waals surface area contributed by atoms with Crippen molar-refractivity contribution in [2.75, 3.05) is 13.7 Å². The molecule has 1 fully saturated rings. The third kappa shape index (κ3) is 3.19. The maximum atomic E-state index is 9.63. The van der Waals surface area contributed by atoms with Crippen LogP contribution in [-0.2, 0) is 11.1 Å². The van der Waals surface area contributed by atoms with E-state index >= 15 is 0 Å². The van der Waals surface area contributed by atoms with Crippen molar-refractivity contribution in [3.8, 4) is 22.8 Å². The number of aromatic nitrogens is 1. The predicted molar refractivity (Wildman–Crippen MR) is 101 cm³/mol. The third-order valence-electron chi connectivity index (χ3n) is 5.24. The molecule has 0 spiro atoms. The predicted octanol–water partition coefficient (Wildman–Crippen LogP) is 3.46. The summed E-state index contributed by atoms with van der Waals surface area (Å²) < 4.78 is 17.1. The van der Waals surface area contributed by atoms with Crippen LogP contribution < -0.4 is 9.47 Å². The van der Waals surface area contributed by atoms with Crippen molar-refractivity contribution in [2.45, 2.75) is 44.5 Å². The summed E-state index contributed by atoms with van der Waals surface area (Å²) in [6, 6.07) is 10.1. The Morgan fingerprint density at radius 2 is 2.12 bits per heavy atom. The standard InChI is InChI=1S/C20H24BNO4/c1-20(2)10-9-15-14(7-8-18(24-3)19(15)26-20)17-6-4-5-16(22-17)13-11-21(23)25-12-13/h4-8,13,23H,9-12H2,1-3H3/t13-/m0/s1. The zero-order valence-electron chi connectivity index (χ0n) is 15.5. The molecule has 2 aliphatic rings. The molecule has 4 rings (SSSR count). The van der Waals surface area contributed by atoms with Gasteiger partial charge in [0.2, 0.25) is 0 Å². The highest BCUT2D eigenvalue weighted by molar-refractivity contribution is 6.43. The molecule has 0 unspecified atom stereocenters. The second-order valence-electron chi connectivity index (χ2n) is 7.65. The molecule has 3 heterocycles. The number of hydrogen-bond acceptors (Lipinski definition) is 5. The topological polar surface area (TPSA) is 60.8 Å². The lowest BCUT2D eigenvalue weighted by atomic mass is 9.81. The van der Waals surface area contributed by atoms with Crippen LogP contribution in [0.4, 0.5) is 0 Å². The van der Waals surface area contributed by atoms with Crippen LogP contribution in [0.5, 0.6) is 11.5 Å². The molecule has 26 heavy (non-hydrogen) atoms. The summed E-state index contributed by atoms with van der Waals surface area (Å²) in [5.41, 5.74) is 3.91. The number of methoxy groups -OCH3 is 1. The molecule has 1 aromatic heterocycles. The fraction of sp³-hybridized carbons (Fsp3) is 0.450. The SMILES string of the molecule is COc1ccc(-c2cccc([C@@H]3COB(O)C3)n2)c2c1OC(C)(C)CC2. The molecule has 6 heteroatoms. The molecule has 0 aliphatic carbocycles. The first-order valence-electron chi connectivity index (χ1n) is 9.13. The van der Waals surface area contributed by atoms with E-state index in [1.807, 2.05) is 24.3 Å². The summed E-state index contributed by atoms with van der Waals surface area (Å²) in [5.74, 6) is 1.72. The molecule has 2 aliphatic heterocycles. The lowest BCUT2D eigenvalue weighted by Crippen LogP contribution is -2.33. The summed E-state index contributed by atoms with van der Waals surface area (Å²) in [6.07, 6.45) is 2.46. The maximum absolute atomic E-state index is 9.63. The van der Waals surface area contributed by atoms with Gasteiger partial charge in [0.25, 0.3) is 0 Å². The van der Waals surface area contributed by atoms with E-state index in [0.717, 1.165) is 46.9 Å². The van der Waals surface area contributed by atoms with E-state index in [9.17, 15) is 5.02 Å². The molecule has 1 N–H and O–H groups in total. The van der Waals surface area contributed by atoms with Crippen LogP contribution in [0.1, 0.15) is 37.4 Å². The number of fused-ring (bicyclic) bond motifs is 1. The van der Waals surface area contributed by atoms with Gasteiger partial charge >= 0.3 is 7.12 Å². The van der Waals surface area contributed by atoms with Gasteiger partial charge in [0, 0.05) is 29.3 Å². The van der Waals surface area contributed by atoms with Crippen LogP contribution in [0.15, 0.2) is 30.3 Å². The fourth-order valence-electron chi connectivity index (χ4n) is 3.76. The van der Waals surface area contributed by atoms with E-state index in [0.29, 0.717) is 12.9 Å². The minimum atomic E-state index is -0.685. The summed E-state index contributed by atoms with van der Waals surface area (Å²) in [5, 5.41) is 9.63. The highest BCUT2D eigenvalue weighted by atomic mass is 16.5. The van der Waals surface area contributed by atoms with Gasteiger partial charge in [0.15, 0.2) is 11.5 Å². The number of pyridine rings is 1. The van der Waals surface area contributed by atoms with Crippen molar-refractivity contribution in [1.82, 2.24) is 4.98 Å². The summed E-state index contributed by atoms with van der Waals surface area (Å²) in [7, 11) is 0.986. The number of nitrogens with zero attached hydrogens (tertiary/aromatic N) is 1. The van der Waals surface area contributed by atoms with E-state index in [1.54, 1.807) is 7.11 Å². The summed E-state index contributed by atoms with van der Waals surface area (Å²) >= 11 is 0. The Balaban J connectivity index is 1.75. The number of benzene rings is 1. The Labute approximate surface area is 154 Å². The first-order valence-corrected chi connectivity index (χ1v) is 9.13. The first-order chi connectivity index (χ1) is 12.5. The van der Waals surface area contributed by atoms with E-state index in [-0.39, 0.29) is 11.5 Å². The minimum Gasteiger partial charge on any atom is -0.493 e. The van der Waals surface area contributed by atoms with Crippen molar-refractivity contribution in [1.29, 1.82) is 0 Å². The average molecular weight is 353 g/mol. The fourth-order valence-corrected chi connectivity index (χ4v) is 3.76. The molecule has 136 valence electrons. The molecule has 2 aromatic rings. The lowest BCUT2D eigenvalue weighted by molar-refractivity contribution is 0.0806. The van der Waals surface area contributed by atoms with Crippen molar-refractivity contribution >= 4 is 7.12 Å². The van der Waals surface area contributed by atoms with Gasteiger partial charge in [-0.3, -0.25) is 4.98 Å². The van der Waals surface area contributed by atoms with Crippen LogP contribution in [0.2, 0.25) is 6.32 Å². The van der Waals surface area contributed by atoms with Gasteiger partial charge in [0.1, 0.15) is 5.60 Å². The average Bonchev–Trinajstić information content (AvgIpc) is 3.06. The monoisotopic (exact) mass is 353 g/mol. The van der Waals surface area contributed by atoms with Gasteiger partial charge in [-0.05, 0) is 57.3 Å². The molecule has 1 saturated heterocycles. The third-order valence-corrected chi connectivity index (χ3v) is 5.24. The Bertz CT molecular complexity index is 823. The summed E-state index contributed by atoms with van der Waals surface area (Å²) in [6.45, 7) is 4.72. The van der Waals surface area contributed by atoms with Crippen LogP contribution in [0.3, 0.4) is 0 Å². The molecular formula is C20H24BNO4. The normalized spacial score (nSPS) is 21.2. The zero-order chi connectivity index (χ0) is 18.3. The van der Waals surface area contributed by atoms with Crippen LogP contribution in [0, 0.1) is 0 Å². The van der Waals surface area contributed by atoms with Crippen LogP contribution >= 0.6 is 0 Å². The van der Waals surface area contributed by atoms with E-state index in [4.69, 9.17) is 19.1 Å². The minimum absolute atomic E-state index is 0.134. The Hall–Kier alpha value is -2.05. The molecule has 1 atom stereocenters. The highest BCUT2D eigenvalue weighted by Gasteiger charge is 2.32. The smallest absolute Gasteiger partial charge is 0.454 e. The second kappa shape index (κ2) is 6.60. The summed E-state index contributed by atoms with van der Waals surface area (Å²) in [4.78, 5) is 4.87. The van der Waals surface area contributed by atoms with Gasteiger partial charge in [-0.15, -0.1) is 0 Å². The van der Waals surface area contributed by atoms with Gasteiger partial charge in [-0.2, -0.15) is 0 Å². The van der Waals surface area contributed by atoms with Gasteiger partial charge < -0.3 is 19.2 Å². The zero-order valence-corrected chi connectivity index (χ0v) is 15.5. The van der Waals surface area contributed by atoms with E-state index < -0.39 is 7.12 Å². The van der Waals surface area contributed by atoms with Crippen LogP contribution in [-0.4, -0.2) is 36.4 Å². The quantitative estimate of drug-likeness (QED) is 0.857. The van der Waals surface area contributed by atoms with Crippen molar-refractivity contribution in [3.63, 3.8) is 0 Å². The molecule has 1 aromatic carbocycles. The van der Waals surface area contributed by atoms with Crippen molar-refractivity contribution in [3.05, 3.63) is 41.6 Å². The lowest BCUT2D eigenvalue weighted by Gasteiger charge is -2.34. The van der Waals surface area contributed by atoms with E-state index in [1.165, 1.54) is 0 Å². The number of hydrogen-bond donors (Lipinski definition) is 1. The van der Waals surface area contributed by atoms with Crippen LogP contribution in [0.25, 0.3) is 11.3 Å².